The van der Waals surface area contributed by atoms with Crippen LogP contribution in [-0.2, 0) is 32.0 Å². The second-order valence-electron chi connectivity index (χ2n) is 13.7. The predicted molar refractivity (Wildman–Crippen MR) is 178 cm³/mol. The van der Waals surface area contributed by atoms with Gasteiger partial charge in [-0.15, -0.1) is 0 Å². The van der Waals surface area contributed by atoms with E-state index in [1.165, 1.54) is 0 Å². The predicted octanol–water partition coefficient (Wildman–Crippen LogP) is 7.56. The molecule has 0 amide bonds. The maximum atomic E-state index is 13.1. The van der Waals surface area contributed by atoms with Crippen LogP contribution in [0.2, 0.25) is 25.7 Å². The summed E-state index contributed by atoms with van der Waals surface area (Å²) in [6.07, 6.45) is 5.01. The van der Waals surface area contributed by atoms with Crippen LogP contribution in [0.15, 0.2) is 48.6 Å². The number of ether oxygens (including phenoxy) is 5. The molecule has 0 spiro atoms. The van der Waals surface area contributed by atoms with Crippen molar-refractivity contribution < 1.29 is 33.6 Å². The van der Waals surface area contributed by atoms with Crippen molar-refractivity contribution in [3.8, 4) is 5.75 Å². The third kappa shape index (κ3) is 11.5. The molecule has 1 N–H and O–H groups in total. The van der Waals surface area contributed by atoms with E-state index in [2.05, 4.69) is 32.6 Å². The molecule has 2 unspecified atom stereocenters. The van der Waals surface area contributed by atoms with Crippen LogP contribution in [0.25, 0.3) is 0 Å². The normalized spacial score (nSPS) is 19.7. The molecular weight excluding hydrogens is 572 g/mol. The van der Waals surface area contributed by atoms with E-state index in [1.54, 1.807) is 13.2 Å². The van der Waals surface area contributed by atoms with Gasteiger partial charge in [-0.05, 0) is 95.2 Å². The number of methoxy groups -OCH3 is 1. The lowest BCUT2D eigenvalue weighted by molar-refractivity contribution is -0.152. The lowest BCUT2D eigenvalue weighted by atomic mass is 9.93. The Labute approximate surface area is 265 Å². The Hall–Kier alpha value is -2.49. The Kier molecular flexibility index (Phi) is 13.2. The first kappa shape index (κ1) is 36.0. The SMILES string of the molecule is COc1ccc(CO[C@@H](C)C/C=C\C(O)C2OC(C)(C)O[C@H]2CCCc2cc(C)cc(C)c2C(=O)OCC[Si](C)(C)C)cc1. The van der Waals surface area contributed by atoms with E-state index in [0.29, 0.717) is 38.0 Å². The van der Waals surface area contributed by atoms with Crippen LogP contribution >= 0.6 is 0 Å². The molecule has 7 nitrogen and oxygen atoms in total. The van der Waals surface area contributed by atoms with E-state index in [1.807, 2.05) is 64.1 Å². The van der Waals surface area contributed by atoms with Crippen LogP contribution in [0.5, 0.6) is 5.75 Å². The van der Waals surface area contributed by atoms with Crippen LogP contribution in [0, 0.1) is 13.8 Å². The van der Waals surface area contributed by atoms with Crippen molar-refractivity contribution in [2.75, 3.05) is 13.7 Å². The third-order valence-corrected chi connectivity index (χ3v) is 9.54. The summed E-state index contributed by atoms with van der Waals surface area (Å²) in [6, 6.07) is 12.9. The number of esters is 1. The van der Waals surface area contributed by atoms with Gasteiger partial charge >= 0.3 is 5.97 Å². The summed E-state index contributed by atoms with van der Waals surface area (Å²) in [6.45, 7) is 17.6. The lowest BCUT2D eigenvalue weighted by Crippen LogP contribution is -2.34. The summed E-state index contributed by atoms with van der Waals surface area (Å²) >= 11 is 0. The second-order valence-corrected chi connectivity index (χ2v) is 19.3. The van der Waals surface area contributed by atoms with Gasteiger partial charge < -0.3 is 28.8 Å². The molecule has 1 saturated heterocycles. The largest absolute Gasteiger partial charge is 0.497 e. The highest BCUT2D eigenvalue weighted by Gasteiger charge is 2.43. The van der Waals surface area contributed by atoms with Gasteiger partial charge in [-0.2, -0.15) is 0 Å². The number of hydrogen-bond donors (Lipinski definition) is 1. The maximum Gasteiger partial charge on any atom is 0.338 e. The topological polar surface area (TPSA) is 83.5 Å². The van der Waals surface area contributed by atoms with Crippen LogP contribution in [0.3, 0.4) is 0 Å². The summed E-state index contributed by atoms with van der Waals surface area (Å²) in [5.74, 6) is -0.205. The van der Waals surface area contributed by atoms with Crippen molar-refractivity contribution >= 4 is 14.0 Å². The minimum Gasteiger partial charge on any atom is -0.497 e. The average Bonchev–Trinajstić information content (AvgIpc) is 3.25. The quantitative estimate of drug-likeness (QED) is 0.117. The number of carbonyl (C=O) groups is 1. The maximum absolute atomic E-state index is 13.1. The molecule has 4 atom stereocenters. The molecule has 1 fully saturated rings. The van der Waals surface area contributed by atoms with Crippen molar-refractivity contribution in [2.24, 2.45) is 0 Å². The standard InChI is InChI=1S/C36H54O7Si/c1-25-22-26(2)33(35(38)40-20-21-44(7,8)9)29(23-25)13-11-15-32-34(43-36(4,5)42-32)31(37)14-10-12-27(3)41-24-28-16-18-30(39-6)19-17-28/h10,14,16-19,22-23,27,31-32,34,37H,11-13,15,20-21,24H2,1-9H3/b14-10-/t27-,31?,32-,34?/m0/s1. The molecule has 2 aromatic carbocycles. The van der Waals surface area contributed by atoms with Crippen LogP contribution in [-0.4, -0.2) is 63.1 Å². The van der Waals surface area contributed by atoms with Gasteiger partial charge in [-0.25, -0.2) is 4.79 Å². The molecule has 2 aromatic rings. The first-order chi connectivity index (χ1) is 20.7. The van der Waals surface area contributed by atoms with E-state index >= 15 is 0 Å². The number of rotatable bonds is 16. The summed E-state index contributed by atoms with van der Waals surface area (Å²) in [7, 11) is 0.354. The molecular formula is C36H54O7Si. The fourth-order valence-corrected chi connectivity index (χ4v) is 6.20. The van der Waals surface area contributed by atoms with E-state index < -0.39 is 26.1 Å². The number of hydrogen-bond acceptors (Lipinski definition) is 7. The molecule has 1 aliphatic rings. The molecule has 1 aliphatic heterocycles. The van der Waals surface area contributed by atoms with E-state index in [4.69, 9.17) is 23.7 Å². The number of aliphatic hydroxyl groups excluding tert-OH is 1. The molecule has 3 rings (SSSR count). The van der Waals surface area contributed by atoms with Crippen molar-refractivity contribution in [3.05, 3.63) is 76.4 Å². The molecule has 8 heteroatoms. The fraction of sp³-hybridized carbons (Fsp3) is 0.583. The van der Waals surface area contributed by atoms with E-state index in [-0.39, 0.29) is 18.2 Å². The Morgan fingerprint density at radius 1 is 1.11 bits per heavy atom. The Morgan fingerprint density at radius 3 is 2.48 bits per heavy atom. The van der Waals surface area contributed by atoms with Gasteiger partial charge in [0.1, 0.15) is 18.0 Å². The zero-order chi connectivity index (χ0) is 32.5. The van der Waals surface area contributed by atoms with Gasteiger partial charge in [-0.1, -0.05) is 61.6 Å². The number of aliphatic hydroxyl groups is 1. The fourth-order valence-electron chi connectivity index (χ4n) is 5.48. The van der Waals surface area contributed by atoms with E-state index in [0.717, 1.165) is 40.5 Å². The summed E-state index contributed by atoms with van der Waals surface area (Å²) in [5, 5.41) is 11.1. The minimum atomic E-state index is -1.30. The summed E-state index contributed by atoms with van der Waals surface area (Å²) < 4.78 is 29.3. The molecule has 0 bridgehead atoms. The van der Waals surface area contributed by atoms with Crippen LogP contribution < -0.4 is 4.74 Å². The van der Waals surface area contributed by atoms with Gasteiger partial charge in [0.05, 0.1) is 38.1 Å². The molecule has 0 saturated carbocycles. The van der Waals surface area contributed by atoms with Gasteiger partial charge in [-0.3, -0.25) is 0 Å². The van der Waals surface area contributed by atoms with Gasteiger partial charge in [0.15, 0.2) is 5.79 Å². The average molecular weight is 627 g/mol. The first-order valence-electron chi connectivity index (χ1n) is 15.9. The summed E-state index contributed by atoms with van der Waals surface area (Å²) in [5.41, 5.74) is 4.82. The van der Waals surface area contributed by atoms with E-state index in [9.17, 15) is 9.90 Å². The zero-order valence-electron chi connectivity index (χ0n) is 28.3. The molecule has 0 aliphatic carbocycles. The molecule has 244 valence electrons. The molecule has 1 heterocycles. The zero-order valence-corrected chi connectivity index (χ0v) is 29.3. The molecule has 44 heavy (non-hydrogen) atoms. The second kappa shape index (κ2) is 16.2. The van der Waals surface area contributed by atoms with Crippen LogP contribution in [0.1, 0.15) is 72.6 Å². The smallest absolute Gasteiger partial charge is 0.338 e. The molecule has 0 radical (unpaired) electrons. The highest BCUT2D eigenvalue weighted by Crippen LogP contribution is 2.33. The van der Waals surface area contributed by atoms with Crippen molar-refractivity contribution in [2.45, 2.75) is 123 Å². The highest BCUT2D eigenvalue weighted by atomic mass is 28.3. The van der Waals surface area contributed by atoms with Crippen molar-refractivity contribution in [1.82, 2.24) is 0 Å². The van der Waals surface area contributed by atoms with Crippen molar-refractivity contribution in [3.63, 3.8) is 0 Å². The van der Waals surface area contributed by atoms with Gasteiger partial charge in [0, 0.05) is 8.07 Å². The monoisotopic (exact) mass is 626 g/mol. The van der Waals surface area contributed by atoms with Crippen molar-refractivity contribution in [1.29, 1.82) is 0 Å². The number of carbonyl (C=O) groups excluding carboxylic acids is 1. The Bertz CT molecular complexity index is 1230. The Balaban J connectivity index is 1.55. The van der Waals surface area contributed by atoms with Gasteiger partial charge in [0.2, 0.25) is 0 Å². The lowest BCUT2D eigenvalue weighted by Gasteiger charge is -2.21. The van der Waals surface area contributed by atoms with Crippen LogP contribution in [0.4, 0.5) is 0 Å². The highest BCUT2D eigenvalue weighted by molar-refractivity contribution is 6.76. The first-order valence-corrected chi connectivity index (χ1v) is 19.6. The number of aryl methyl sites for hydroxylation is 3. The Morgan fingerprint density at radius 2 is 1.82 bits per heavy atom. The molecule has 0 aromatic heterocycles. The van der Waals surface area contributed by atoms with Gasteiger partial charge in [0.25, 0.3) is 0 Å². The third-order valence-electron chi connectivity index (χ3n) is 7.84. The summed E-state index contributed by atoms with van der Waals surface area (Å²) in [4.78, 5) is 13.1. The minimum absolute atomic E-state index is 0.0113. The number of benzene rings is 2.